The maximum Gasteiger partial charge on any atom is 0.323 e. The fourth-order valence-electron chi connectivity index (χ4n) is 1.52. The van der Waals surface area contributed by atoms with Crippen molar-refractivity contribution in [3.05, 3.63) is 58.9 Å². The minimum atomic E-state index is -0.629. The lowest BCUT2D eigenvalue weighted by Crippen LogP contribution is -2.19. The first-order valence-electron chi connectivity index (χ1n) is 5.62. The molecular formula is C14H9ClFN3O. The highest BCUT2D eigenvalue weighted by Crippen LogP contribution is 2.16. The Morgan fingerprint density at radius 3 is 2.35 bits per heavy atom. The quantitative estimate of drug-likeness (QED) is 0.878. The summed E-state index contributed by atoms with van der Waals surface area (Å²) < 4.78 is 13.1. The molecule has 0 fully saturated rings. The summed E-state index contributed by atoms with van der Waals surface area (Å²) in [7, 11) is 0. The zero-order chi connectivity index (χ0) is 14.5. The second kappa shape index (κ2) is 6.04. The summed E-state index contributed by atoms with van der Waals surface area (Å²) in [6.45, 7) is 0. The van der Waals surface area contributed by atoms with Crippen LogP contribution in [-0.4, -0.2) is 6.03 Å². The number of halogens is 2. The normalized spacial score (nSPS) is 9.65. The summed E-state index contributed by atoms with van der Waals surface area (Å²) in [5.74, 6) is -0.629. The number of hydrogen-bond donors (Lipinski definition) is 2. The van der Waals surface area contributed by atoms with Crippen LogP contribution in [0.2, 0.25) is 5.02 Å². The minimum absolute atomic E-state index is 0.130. The van der Waals surface area contributed by atoms with E-state index in [0.717, 1.165) is 6.07 Å². The van der Waals surface area contributed by atoms with Crippen molar-refractivity contribution in [3.8, 4) is 6.07 Å². The van der Waals surface area contributed by atoms with E-state index in [2.05, 4.69) is 10.6 Å². The zero-order valence-electron chi connectivity index (χ0n) is 10.2. The van der Waals surface area contributed by atoms with Crippen molar-refractivity contribution < 1.29 is 9.18 Å². The van der Waals surface area contributed by atoms with Gasteiger partial charge in [0, 0.05) is 16.4 Å². The monoisotopic (exact) mass is 289 g/mol. The highest BCUT2D eigenvalue weighted by Gasteiger charge is 2.06. The fraction of sp³-hybridized carbons (Fsp3) is 0. The average Bonchev–Trinajstić information content (AvgIpc) is 2.43. The smallest absolute Gasteiger partial charge is 0.308 e. The van der Waals surface area contributed by atoms with Crippen molar-refractivity contribution in [1.29, 1.82) is 5.26 Å². The summed E-state index contributed by atoms with van der Waals surface area (Å²) in [6, 6.07) is 11.5. The van der Waals surface area contributed by atoms with Crippen LogP contribution < -0.4 is 10.6 Å². The molecule has 0 aromatic heterocycles. The van der Waals surface area contributed by atoms with Gasteiger partial charge in [0.15, 0.2) is 0 Å². The Morgan fingerprint density at radius 1 is 1.10 bits per heavy atom. The van der Waals surface area contributed by atoms with E-state index < -0.39 is 11.8 Å². The molecule has 6 heteroatoms. The van der Waals surface area contributed by atoms with Gasteiger partial charge in [-0.25, -0.2) is 9.18 Å². The number of hydrogen-bond acceptors (Lipinski definition) is 2. The third-order valence-corrected chi connectivity index (χ3v) is 2.70. The second-order valence-corrected chi connectivity index (χ2v) is 4.33. The Bertz CT molecular complexity index is 680. The topological polar surface area (TPSA) is 64.9 Å². The first-order chi connectivity index (χ1) is 9.58. The van der Waals surface area contributed by atoms with Gasteiger partial charge in [-0.05, 0) is 42.5 Å². The summed E-state index contributed by atoms with van der Waals surface area (Å²) in [6.07, 6.45) is 0. The van der Waals surface area contributed by atoms with Crippen LogP contribution in [0.15, 0.2) is 42.5 Å². The molecule has 0 spiro atoms. The van der Waals surface area contributed by atoms with Crippen molar-refractivity contribution >= 4 is 29.0 Å². The number of amides is 2. The lowest BCUT2D eigenvalue weighted by atomic mass is 10.2. The molecule has 0 aliphatic heterocycles. The zero-order valence-corrected chi connectivity index (χ0v) is 10.9. The number of nitrogens with one attached hydrogen (secondary N) is 2. The van der Waals surface area contributed by atoms with Gasteiger partial charge in [0.1, 0.15) is 11.9 Å². The van der Waals surface area contributed by atoms with Gasteiger partial charge < -0.3 is 10.6 Å². The van der Waals surface area contributed by atoms with Gasteiger partial charge >= 0.3 is 6.03 Å². The molecule has 2 amide bonds. The molecule has 2 aromatic rings. The van der Waals surface area contributed by atoms with E-state index in [-0.39, 0.29) is 5.56 Å². The SMILES string of the molecule is N#Cc1cc(NC(=O)Nc2ccc(Cl)cc2)ccc1F. The van der Waals surface area contributed by atoms with E-state index >= 15 is 0 Å². The number of carbonyl (C=O) groups is 1. The standard InChI is InChI=1S/C14H9ClFN3O/c15-10-1-3-11(4-2-10)18-14(20)19-12-5-6-13(16)9(7-12)8-17/h1-7H,(H2,18,19,20). The van der Waals surface area contributed by atoms with Gasteiger partial charge in [-0.3, -0.25) is 0 Å². The van der Waals surface area contributed by atoms with Gasteiger partial charge in [-0.1, -0.05) is 11.6 Å². The van der Waals surface area contributed by atoms with Gasteiger partial charge in [-0.15, -0.1) is 0 Å². The first kappa shape index (κ1) is 13.8. The number of nitriles is 1. The maximum absolute atomic E-state index is 13.1. The number of urea groups is 1. The Morgan fingerprint density at radius 2 is 1.70 bits per heavy atom. The van der Waals surface area contributed by atoms with E-state index in [9.17, 15) is 9.18 Å². The van der Waals surface area contributed by atoms with Gasteiger partial charge in [0.25, 0.3) is 0 Å². The summed E-state index contributed by atoms with van der Waals surface area (Å²) in [4.78, 5) is 11.7. The lowest BCUT2D eigenvalue weighted by Gasteiger charge is -2.08. The van der Waals surface area contributed by atoms with E-state index in [4.69, 9.17) is 16.9 Å². The fourth-order valence-corrected chi connectivity index (χ4v) is 1.64. The molecule has 0 heterocycles. The predicted octanol–water partition coefficient (Wildman–Crippen LogP) is 3.99. The number of anilines is 2. The molecular weight excluding hydrogens is 281 g/mol. The molecule has 20 heavy (non-hydrogen) atoms. The molecule has 0 radical (unpaired) electrons. The largest absolute Gasteiger partial charge is 0.323 e. The molecule has 100 valence electrons. The molecule has 0 saturated heterocycles. The summed E-state index contributed by atoms with van der Waals surface area (Å²) >= 11 is 5.73. The third kappa shape index (κ3) is 3.46. The molecule has 0 bridgehead atoms. The maximum atomic E-state index is 13.1. The summed E-state index contributed by atoms with van der Waals surface area (Å²) in [5.41, 5.74) is 0.762. The van der Waals surface area contributed by atoms with Crippen molar-refractivity contribution in [2.75, 3.05) is 10.6 Å². The van der Waals surface area contributed by atoms with E-state index in [1.165, 1.54) is 12.1 Å². The van der Waals surface area contributed by atoms with E-state index in [0.29, 0.717) is 16.4 Å². The molecule has 0 aliphatic rings. The molecule has 0 aliphatic carbocycles. The van der Waals surface area contributed by atoms with Crippen molar-refractivity contribution in [2.45, 2.75) is 0 Å². The van der Waals surface area contributed by atoms with Crippen LogP contribution in [0, 0.1) is 17.1 Å². The molecule has 2 aromatic carbocycles. The van der Waals surface area contributed by atoms with Crippen LogP contribution in [0.4, 0.5) is 20.6 Å². The Labute approximate surface area is 119 Å². The average molecular weight is 290 g/mol. The van der Waals surface area contributed by atoms with Crippen molar-refractivity contribution in [3.63, 3.8) is 0 Å². The molecule has 2 N–H and O–H groups in total. The van der Waals surface area contributed by atoms with Gasteiger partial charge in [0.2, 0.25) is 0 Å². The van der Waals surface area contributed by atoms with Crippen LogP contribution in [0.3, 0.4) is 0 Å². The van der Waals surface area contributed by atoms with Crippen LogP contribution >= 0.6 is 11.6 Å². The van der Waals surface area contributed by atoms with Crippen molar-refractivity contribution in [2.24, 2.45) is 0 Å². The molecule has 0 atom stereocenters. The van der Waals surface area contributed by atoms with Crippen LogP contribution in [-0.2, 0) is 0 Å². The molecule has 4 nitrogen and oxygen atoms in total. The number of rotatable bonds is 2. The minimum Gasteiger partial charge on any atom is -0.308 e. The Balaban J connectivity index is 2.05. The summed E-state index contributed by atoms with van der Waals surface area (Å²) in [5, 5.41) is 14.4. The van der Waals surface area contributed by atoms with Crippen molar-refractivity contribution in [1.82, 2.24) is 0 Å². The van der Waals surface area contributed by atoms with Crippen LogP contribution in [0.25, 0.3) is 0 Å². The molecule has 2 rings (SSSR count). The van der Waals surface area contributed by atoms with E-state index in [1.807, 2.05) is 0 Å². The van der Waals surface area contributed by atoms with E-state index in [1.54, 1.807) is 30.3 Å². The van der Waals surface area contributed by atoms with Gasteiger partial charge in [0.05, 0.1) is 5.56 Å². The highest BCUT2D eigenvalue weighted by atomic mass is 35.5. The van der Waals surface area contributed by atoms with Crippen LogP contribution in [0.5, 0.6) is 0 Å². The molecule has 0 saturated carbocycles. The molecule has 0 unspecified atom stereocenters. The predicted molar refractivity (Wildman–Crippen MR) is 75.2 cm³/mol. The number of benzene rings is 2. The van der Waals surface area contributed by atoms with Crippen LogP contribution in [0.1, 0.15) is 5.56 Å². The third-order valence-electron chi connectivity index (χ3n) is 2.45. The van der Waals surface area contributed by atoms with Gasteiger partial charge in [-0.2, -0.15) is 5.26 Å². The number of carbonyl (C=O) groups excluding carboxylic acids is 1. The second-order valence-electron chi connectivity index (χ2n) is 3.89. The highest BCUT2D eigenvalue weighted by molar-refractivity contribution is 6.30. The lowest BCUT2D eigenvalue weighted by molar-refractivity contribution is 0.262. The number of nitrogens with zero attached hydrogens (tertiary/aromatic N) is 1. The Kier molecular flexibility index (Phi) is 4.18. The first-order valence-corrected chi connectivity index (χ1v) is 5.99. The Hall–Kier alpha value is -2.58.